The summed E-state index contributed by atoms with van der Waals surface area (Å²) in [5.74, 6) is 3.60. The number of hydrogen-bond acceptors (Lipinski definition) is 6. The molecular weight excluding hydrogens is 294 g/mol. The monoisotopic (exact) mass is 317 g/mol. The molecule has 0 N–H and O–H groups in total. The van der Waals surface area contributed by atoms with Crippen molar-refractivity contribution in [3.63, 3.8) is 0 Å². The second-order valence-corrected chi connectivity index (χ2v) is 6.19. The van der Waals surface area contributed by atoms with Crippen LogP contribution in [0.5, 0.6) is 11.5 Å². The van der Waals surface area contributed by atoms with Gasteiger partial charge in [-0.15, -0.1) is 0 Å². The zero-order chi connectivity index (χ0) is 16.2. The summed E-state index contributed by atoms with van der Waals surface area (Å²) in [6.45, 7) is 9.10. The summed E-state index contributed by atoms with van der Waals surface area (Å²) in [4.78, 5) is 6.74. The maximum absolute atomic E-state index is 5.43. The smallest absolute Gasteiger partial charge is 0.231 e. The van der Waals surface area contributed by atoms with Gasteiger partial charge in [0.05, 0.1) is 6.54 Å². The summed E-state index contributed by atoms with van der Waals surface area (Å²) in [5.41, 5.74) is 1.18. The number of hydrogen-bond donors (Lipinski definition) is 0. The lowest BCUT2D eigenvalue weighted by Crippen LogP contribution is -2.23. The van der Waals surface area contributed by atoms with E-state index >= 15 is 0 Å². The fourth-order valence-electron chi connectivity index (χ4n) is 2.56. The topological polar surface area (TPSA) is 60.6 Å². The summed E-state index contributed by atoms with van der Waals surface area (Å²) in [6, 6.07) is 6.06. The fourth-order valence-corrected chi connectivity index (χ4v) is 2.56. The third kappa shape index (κ3) is 4.01. The molecule has 0 unspecified atom stereocenters. The van der Waals surface area contributed by atoms with E-state index in [2.05, 4.69) is 41.9 Å². The van der Waals surface area contributed by atoms with Crippen molar-refractivity contribution < 1.29 is 14.0 Å². The molecule has 0 saturated carbocycles. The normalized spacial score (nSPS) is 13.3. The first-order valence-corrected chi connectivity index (χ1v) is 8.06. The van der Waals surface area contributed by atoms with Gasteiger partial charge in [-0.25, -0.2) is 0 Å². The van der Waals surface area contributed by atoms with Crippen LogP contribution in [-0.2, 0) is 19.5 Å². The van der Waals surface area contributed by atoms with Gasteiger partial charge in [-0.3, -0.25) is 4.90 Å². The van der Waals surface area contributed by atoms with Gasteiger partial charge in [-0.05, 0) is 30.2 Å². The Morgan fingerprint density at radius 1 is 1.17 bits per heavy atom. The highest BCUT2D eigenvalue weighted by Gasteiger charge is 2.16. The number of benzene rings is 1. The molecule has 0 radical (unpaired) electrons. The van der Waals surface area contributed by atoms with Crippen molar-refractivity contribution in [1.29, 1.82) is 0 Å². The first kappa shape index (κ1) is 15.8. The molecule has 23 heavy (non-hydrogen) atoms. The molecule has 3 rings (SSSR count). The Morgan fingerprint density at radius 2 is 2.00 bits per heavy atom. The standard InChI is InChI=1S/C17H23N3O3/c1-4-20(10-16-18-17(23-19-16)7-12(2)3)9-13-5-6-14-15(8-13)22-11-21-14/h5-6,8,12H,4,7,9-11H2,1-3H3. The first-order valence-electron chi connectivity index (χ1n) is 8.06. The van der Waals surface area contributed by atoms with Crippen molar-refractivity contribution in [2.24, 2.45) is 5.92 Å². The van der Waals surface area contributed by atoms with Gasteiger partial charge in [-0.2, -0.15) is 4.98 Å². The number of rotatable bonds is 7. The maximum Gasteiger partial charge on any atom is 0.231 e. The molecule has 0 aliphatic carbocycles. The van der Waals surface area contributed by atoms with Gasteiger partial charge >= 0.3 is 0 Å². The first-order chi connectivity index (χ1) is 11.1. The fraction of sp³-hybridized carbons (Fsp3) is 0.529. The lowest BCUT2D eigenvalue weighted by atomic mass is 10.1. The quantitative estimate of drug-likeness (QED) is 0.782. The summed E-state index contributed by atoms with van der Waals surface area (Å²) in [6.07, 6.45) is 0.821. The molecule has 1 aliphatic heterocycles. The van der Waals surface area contributed by atoms with E-state index < -0.39 is 0 Å². The Bertz CT molecular complexity index is 654. The predicted octanol–water partition coefficient (Wildman–Crippen LogP) is 3.02. The third-order valence-electron chi connectivity index (χ3n) is 3.75. The van der Waals surface area contributed by atoms with Gasteiger partial charge in [-0.1, -0.05) is 32.0 Å². The highest BCUT2D eigenvalue weighted by molar-refractivity contribution is 5.44. The summed E-state index contributed by atoms with van der Waals surface area (Å²) in [5, 5.41) is 4.08. The van der Waals surface area contributed by atoms with Crippen molar-refractivity contribution in [3.05, 3.63) is 35.5 Å². The summed E-state index contributed by atoms with van der Waals surface area (Å²) in [7, 11) is 0. The lowest BCUT2D eigenvalue weighted by Gasteiger charge is -2.18. The number of aromatic nitrogens is 2. The Morgan fingerprint density at radius 3 is 2.78 bits per heavy atom. The van der Waals surface area contributed by atoms with Crippen LogP contribution in [0.15, 0.2) is 22.7 Å². The molecule has 2 heterocycles. The maximum atomic E-state index is 5.43. The minimum absolute atomic E-state index is 0.303. The predicted molar refractivity (Wildman–Crippen MR) is 85.2 cm³/mol. The minimum Gasteiger partial charge on any atom is -0.454 e. The van der Waals surface area contributed by atoms with E-state index in [1.807, 2.05) is 12.1 Å². The molecule has 0 atom stereocenters. The molecule has 6 heteroatoms. The van der Waals surface area contributed by atoms with Gasteiger partial charge < -0.3 is 14.0 Å². The second-order valence-electron chi connectivity index (χ2n) is 6.19. The average Bonchev–Trinajstić information content (AvgIpc) is 3.14. The van der Waals surface area contributed by atoms with E-state index in [0.29, 0.717) is 25.1 Å². The molecule has 124 valence electrons. The van der Waals surface area contributed by atoms with Gasteiger partial charge in [0, 0.05) is 13.0 Å². The minimum atomic E-state index is 0.303. The van der Waals surface area contributed by atoms with Gasteiger partial charge in [0.1, 0.15) is 0 Å². The summed E-state index contributed by atoms with van der Waals surface area (Å²) < 4.78 is 16.1. The number of ether oxygens (including phenoxy) is 2. The Labute approximate surface area is 136 Å². The van der Waals surface area contributed by atoms with E-state index in [-0.39, 0.29) is 0 Å². The lowest BCUT2D eigenvalue weighted by molar-refractivity contribution is 0.174. The van der Waals surface area contributed by atoms with Crippen LogP contribution in [-0.4, -0.2) is 28.4 Å². The van der Waals surface area contributed by atoms with Crippen LogP contribution in [0.4, 0.5) is 0 Å². The van der Waals surface area contributed by atoms with Crippen LogP contribution in [0.2, 0.25) is 0 Å². The Hall–Kier alpha value is -2.08. The zero-order valence-electron chi connectivity index (χ0n) is 13.9. The molecule has 6 nitrogen and oxygen atoms in total. The van der Waals surface area contributed by atoms with Crippen LogP contribution in [0.1, 0.15) is 38.0 Å². The van der Waals surface area contributed by atoms with Crippen LogP contribution < -0.4 is 9.47 Å². The highest BCUT2D eigenvalue weighted by atomic mass is 16.7. The van der Waals surface area contributed by atoms with Gasteiger partial charge in [0.25, 0.3) is 0 Å². The molecule has 0 bridgehead atoms. The second kappa shape index (κ2) is 7.00. The summed E-state index contributed by atoms with van der Waals surface area (Å²) >= 11 is 0. The van der Waals surface area contributed by atoms with Crippen LogP contribution in [0.25, 0.3) is 0 Å². The van der Waals surface area contributed by atoms with E-state index in [0.717, 1.165) is 36.8 Å². The van der Waals surface area contributed by atoms with Crippen molar-refractivity contribution in [3.8, 4) is 11.5 Å². The van der Waals surface area contributed by atoms with Crippen LogP contribution >= 0.6 is 0 Å². The van der Waals surface area contributed by atoms with Crippen LogP contribution in [0.3, 0.4) is 0 Å². The van der Waals surface area contributed by atoms with E-state index in [4.69, 9.17) is 14.0 Å². The van der Waals surface area contributed by atoms with Crippen LogP contribution in [0, 0.1) is 5.92 Å². The number of fused-ring (bicyclic) bond motifs is 1. The molecule has 1 aliphatic rings. The van der Waals surface area contributed by atoms with Crippen molar-refractivity contribution in [2.45, 2.75) is 40.3 Å². The molecule has 0 spiro atoms. The number of nitrogens with zero attached hydrogens (tertiary/aromatic N) is 3. The molecule has 0 saturated heterocycles. The van der Waals surface area contributed by atoms with Crippen molar-refractivity contribution in [1.82, 2.24) is 15.0 Å². The van der Waals surface area contributed by atoms with E-state index in [1.54, 1.807) is 0 Å². The van der Waals surface area contributed by atoms with Crippen molar-refractivity contribution >= 4 is 0 Å². The molecule has 1 aromatic carbocycles. The van der Waals surface area contributed by atoms with Crippen molar-refractivity contribution in [2.75, 3.05) is 13.3 Å². The Balaban J connectivity index is 1.62. The zero-order valence-corrected chi connectivity index (χ0v) is 13.9. The Kier molecular flexibility index (Phi) is 4.81. The molecule has 1 aromatic heterocycles. The largest absolute Gasteiger partial charge is 0.454 e. The molecule has 2 aromatic rings. The van der Waals surface area contributed by atoms with E-state index in [9.17, 15) is 0 Å². The van der Waals surface area contributed by atoms with E-state index in [1.165, 1.54) is 5.56 Å². The van der Waals surface area contributed by atoms with Gasteiger partial charge in [0.15, 0.2) is 17.3 Å². The average molecular weight is 317 g/mol. The van der Waals surface area contributed by atoms with Gasteiger partial charge in [0.2, 0.25) is 12.7 Å². The molecule has 0 fully saturated rings. The SMILES string of the molecule is CCN(Cc1ccc2c(c1)OCO2)Cc1noc(CC(C)C)n1. The highest BCUT2D eigenvalue weighted by Crippen LogP contribution is 2.32. The molecular formula is C17H23N3O3. The molecule has 0 amide bonds. The third-order valence-corrected chi connectivity index (χ3v) is 3.75.